The Morgan fingerprint density at radius 2 is 2.00 bits per heavy atom. The predicted molar refractivity (Wildman–Crippen MR) is 108 cm³/mol. The smallest absolute Gasteiger partial charge is 0.284 e. The summed E-state index contributed by atoms with van der Waals surface area (Å²) in [5.41, 5.74) is 2.02. The van der Waals surface area contributed by atoms with Gasteiger partial charge in [-0.25, -0.2) is 13.4 Å². The molecule has 1 atom stereocenters. The Bertz CT molecular complexity index is 1100. The molecule has 3 heterocycles. The molecule has 0 bridgehead atoms. The number of furan rings is 1. The van der Waals surface area contributed by atoms with Crippen LogP contribution in [0.25, 0.3) is 0 Å². The summed E-state index contributed by atoms with van der Waals surface area (Å²) in [4.78, 5) is 13.5. The SMILES string of the molecule is CS(=O)(=O)Nc1ccc(C2=NN(C(=O)c3cccs3)C(c3ccco3)C2)cc1. The van der Waals surface area contributed by atoms with E-state index in [-0.39, 0.29) is 11.9 Å². The van der Waals surface area contributed by atoms with Crippen LogP contribution in [-0.2, 0) is 10.0 Å². The van der Waals surface area contributed by atoms with Crippen LogP contribution in [0.2, 0.25) is 0 Å². The minimum atomic E-state index is -3.34. The molecule has 0 aliphatic carbocycles. The van der Waals surface area contributed by atoms with Crippen molar-refractivity contribution in [3.8, 4) is 0 Å². The van der Waals surface area contributed by atoms with E-state index in [1.165, 1.54) is 16.3 Å². The minimum Gasteiger partial charge on any atom is -0.467 e. The lowest BCUT2D eigenvalue weighted by Crippen LogP contribution is -2.26. The molecular weight excluding hydrogens is 398 g/mol. The fourth-order valence-corrected chi connectivity index (χ4v) is 4.25. The standard InChI is InChI=1S/C19H17N3O4S2/c1-28(24,25)21-14-8-6-13(7-9-14)15-12-16(17-4-2-10-26-17)22(20-15)19(23)18-5-3-11-27-18/h2-11,16,21H,12H2,1H3. The van der Waals surface area contributed by atoms with E-state index >= 15 is 0 Å². The molecule has 9 heteroatoms. The molecule has 4 rings (SSSR count). The number of sulfonamides is 1. The average molecular weight is 415 g/mol. The number of carbonyl (C=O) groups is 1. The number of hydrogen-bond donors (Lipinski definition) is 1. The Morgan fingerprint density at radius 1 is 1.21 bits per heavy atom. The number of hydrazone groups is 1. The number of amides is 1. The molecule has 1 aliphatic rings. The molecule has 1 unspecified atom stereocenters. The van der Waals surface area contributed by atoms with Gasteiger partial charge in [0.25, 0.3) is 5.91 Å². The van der Waals surface area contributed by atoms with Gasteiger partial charge in [-0.3, -0.25) is 9.52 Å². The second kappa shape index (κ2) is 7.25. The third kappa shape index (κ3) is 3.85. The van der Waals surface area contributed by atoms with E-state index in [0.717, 1.165) is 17.5 Å². The molecule has 0 saturated heterocycles. The summed E-state index contributed by atoms with van der Waals surface area (Å²) >= 11 is 1.37. The van der Waals surface area contributed by atoms with E-state index in [0.29, 0.717) is 22.7 Å². The van der Waals surface area contributed by atoms with E-state index in [1.807, 2.05) is 17.5 Å². The van der Waals surface area contributed by atoms with Crippen molar-refractivity contribution >= 4 is 38.7 Å². The van der Waals surface area contributed by atoms with Crippen molar-refractivity contribution in [2.45, 2.75) is 12.5 Å². The topological polar surface area (TPSA) is 92.0 Å². The molecule has 2 aromatic heterocycles. The van der Waals surface area contributed by atoms with Gasteiger partial charge in [0, 0.05) is 12.1 Å². The molecule has 1 aliphatic heterocycles. The average Bonchev–Trinajstić information content (AvgIpc) is 3.40. The Labute approximate surface area is 166 Å². The first-order valence-electron chi connectivity index (χ1n) is 8.47. The summed E-state index contributed by atoms with van der Waals surface area (Å²) in [5.74, 6) is 0.487. The molecule has 0 spiro atoms. The molecule has 3 aromatic rings. The fraction of sp³-hybridized carbons (Fsp3) is 0.158. The summed E-state index contributed by atoms with van der Waals surface area (Å²) in [6.07, 6.45) is 3.18. The highest BCUT2D eigenvalue weighted by atomic mass is 32.2. The van der Waals surface area contributed by atoms with Gasteiger partial charge >= 0.3 is 0 Å². The number of rotatable bonds is 5. The second-order valence-corrected chi connectivity index (χ2v) is 9.06. The summed E-state index contributed by atoms with van der Waals surface area (Å²) in [5, 5.41) is 7.88. The van der Waals surface area contributed by atoms with E-state index < -0.39 is 10.0 Å². The monoisotopic (exact) mass is 415 g/mol. The molecule has 0 radical (unpaired) electrons. The van der Waals surface area contributed by atoms with Crippen molar-refractivity contribution < 1.29 is 17.6 Å². The molecular formula is C19H17N3O4S2. The zero-order valence-corrected chi connectivity index (χ0v) is 16.5. The van der Waals surface area contributed by atoms with E-state index in [1.54, 1.807) is 42.7 Å². The van der Waals surface area contributed by atoms with Crippen LogP contribution in [0, 0.1) is 0 Å². The van der Waals surface area contributed by atoms with Crippen LogP contribution >= 0.6 is 11.3 Å². The van der Waals surface area contributed by atoms with Gasteiger partial charge < -0.3 is 4.42 Å². The quantitative estimate of drug-likeness (QED) is 0.688. The number of anilines is 1. The first-order chi connectivity index (χ1) is 13.4. The highest BCUT2D eigenvalue weighted by molar-refractivity contribution is 7.92. The summed E-state index contributed by atoms with van der Waals surface area (Å²) in [7, 11) is -3.34. The molecule has 0 fully saturated rings. The lowest BCUT2D eigenvalue weighted by atomic mass is 10.0. The summed E-state index contributed by atoms with van der Waals surface area (Å²) in [6, 6.07) is 13.8. The largest absolute Gasteiger partial charge is 0.467 e. The summed E-state index contributed by atoms with van der Waals surface area (Å²) in [6.45, 7) is 0. The molecule has 144 valence electrons. The number of carbonyl (C=O) groups excluding carboxylic acids is 1. The maximum absolute atomic E-state index is 12.9. The first kappa shape index (κ1) is 18.5. The zero-order chi connectivity index (χ0) is 19.7. The highest BCUT2D eigenvalue weighted by Crippen LogP contribution is 2.34. The van der Waals surface area contributed by atoms with E-state index in [9.17, 15) is 13.2 Å². The molecule has 1 N–H and O–H groups in total. The van der Waals surface area contributed by atoms with Crippen molar-refractivity contribution in [3.05, 3.63) is 76.4 Å². The number of nitrogens with zero attached hydrogens (tertiary/aromatic N) is 2. The van der Waals surface area contributed by atoms with Gasteiger partial charge in [0.15, 0.2) is 0 Å². The number of thiophene rings is 1. The molecule has 28 heavy (non-hydrogen) atoms. The minimum absolute atomic E-state index is 0.179. The molecule has 1 amide bonds. The van der Waals surface area contributed by atoms with Crippen LogP contribution < -0.4 is 4.72 Å². The van der Waals surface area contributed by atoms with Crippen molar-refractivity contribution in [3.63, 3.8) is 0 Å². The van der Waals surface area contributed by atoms with Gasteiger partial charge in [-0.05, 0) is 41.3 Å². The maximum atomic E-state index is 12.9. The Balaban J connectivity index is 1.64. The van der Waals surface area contributed by atoms with Crippen LogP contribution in [-0.4, -0.2) is 31.3 Å². The van der Waals surface area contributed by atoms with Gasteiger partial charge in [-0.2, -0.15) is 5.10 Å². The van der Waals surface area contributed by atoms with Crippen molar-refractivity contribution in [1.82, 2.24) is 5.01 Å². The van der Waals surface area contributed by atoms with Gasteiger partial charge in [-0.15, -0.1) is 11.3 Å². The Hall–Kier alpha value is -2.91. The highest BCUT2D eigenvalue weighted by Gasteiger charge is 2.35. The van der Waals surface area contributed by atoms with Crippen LogP contribution in [0.3, 0.4) is 0 Å². The summed E-state index contributed by atoms with van der Waals surface area (Å²) < 4.78 is 30.7. The molecule has 1 aromatic carbocycles. The Kier molecular flexibility index (Phi) is 4.78. The number of benzene rings is 1. The Morgan fingerprint density at radius 3 is 2.61 bits per heavy atom. The van der Waals surface area contributed by atoms with Crippen molar-refractivity contribution in [2.75, 3.05) is 11.0 Å². The number of hydrogen-bond acceptors (Lipinski definition) is 6. The van der Waals surface area contributed by atoms with Crippen LogP contribution in [0.15, 0.2) is 69.7 Å². The maximum Gasteiger partial charge on any atom is 0.284 e. The van der Waals surface area contributed by atoms with E-state index in [4.69, 9.17) is 4.42 Å². The van der Waals surface area contributed by atoms with Crippen molar-refractivity contribution in [1.29, 1.82) is 0 Å². The fourth-order valence-electron chi connectivity index (χ4n) is 3.03. The van der Waals surface area contributed by atoms with Gasteiger partial charge in [0.2, 0.25) is 10.0 Å². The van der Waals surface area contributed by atoms with Crippen LogP contribution in [0.1, 0.15) is 33.5 Å². The normalized spacial score (nSPS) is 16.8. The van der Waals surface area contributed by atoms with Crippen LogP contribution in [0.4, 0.5) is 5.69 Å². The lowest BCUT2D eigenvalue weighted by Gasteiger charge is -2.19. The van der Waals surface area contributed by atoms with Crippen LogP contribution in [0.5, 0.6) is 0 Å². The predicted octanol–water partition coefficient (Wildman–Crippen LogP) is 3.70. The van der Waals surface area contributed by atoms with Gasteiger partial charge in [0.05, 0.1) is 23.1 Å². The molecule has 7 nitrogen and oxygen atoms in total. The van der Waals surface area contributed by atoms with E-state index in [2.05, 4.69) is 9.82 Å². The van der Waals surface area contributed by atoms with Crippen molar-refractivity contribution in [2.24, 2.45) is 5.10 Å². The number of nitrogens with one attached hydrogen (secondary N) is 1. The first-order valence-corrected chi connectivity index (χ1v) is 11.2. The zero-order valence-electron chi connectivity index (χ0n) is 14.9. The molecule has 0 saturated carbocycles. The third-order valence-corrected chi connectivity index (χ3v) is 5.71. The lowest BCUT2D eigenvalue weighted by molar-refractivity contribution is 0.0698. The van der Waals surface area contributed by atoms with Gasteiger partial charge in [0.1, 0.15) is 11.8 Å². The van der Waals surface area contributed by atoms with Gasteiger partial charge in [-0.1, -0.05) is 18.2 Å². The third-order valence-electron chi connectivity index (χ3n) is 4.24. The second-order valence-electron chi connectivity index (χ2n) is 6.36.